The maximum Gasteiger partial charge on any atom is 0.255 e. The third-order valence-corrected chi connectivity index (χ3v) is 2.98. The molecule has 0 radical (unpaired) electrons. The fourth-order valence-electron chi connectivity index (χ4n) is 1.88. The number of amides is 1. The standard InChI is InChI=1S/C16H18N2O/c1-12-8-4-6-10-14(12)17-15-11-7-5-9-13(15)16(19)18(2)3/h4-11,17H,1-3H3. The van der Waals surface area contributed by atoms with Crippen LogP contribution < -0.4 is 5.32 Å². The van der Waals surface area contributed by atoms with Crippen LogP contribution in [0.25, 0.3) is 0 Å². The highest BCUT2D eigenvalue weighted by Crippen LogP contribution is 2.23. The molecule has 0 unspecified atom stereocenters. The fourth-order valence-corrected chi connectivity index (χ4v) is 1.88. The van der Waals surface area contributed by atoms with Crippen molar-refractivity contribution in [3.63, 3.8) is 0 Å². The quantitative estimate of drug-likeness (QED) is 0.910. The molecule has 3 heteroatoms. The van der Waals surface area contributed by atoms with Gasteiger partial charge in [0, 0.05) is 19.8 Å². The smallest absolute Gasteiger partial charge is 0.255 e. The Balaban J connectivity index is 2.36. The number of carbonyl (C=O) groups excluding carboxylic acids is 1. The van der Waals surface area contributed by atoms with Crippen molar-refractivity contribution < 1.29 is 4.79 Å². The molecule has 0 spiro atoms. The second kappa shape index (κ2) is 5.57. The van der Waals surface area contributed by atoms with Gasteiger partial charge in [-0.15, -0.1) is 0 Å². The van der Waals surface area contributed by atoms with Gasteiger partial charge in [-0.25, -0.2) is 0 Å². The molecule has 0 saturated carbocycles. The van der Waals surface area contributed by atoms with Crippen molar-refractivity contribution in [2.45, 2.75) is 6.92 Å². The first-order valence-electron chi connectivity index (χ1n) is 6.23. The second-order valence-electron chi connectivity index (χ2n) is 4.69. The molecule has 2 aromatic rings. The Morgan fingerprint density at radius 3 is 2.16 bits per heavy atom. The second-order valence-corrected chi connectivity index (χ2v) is 4.69. The van der Waals surface area contributed by atoms with E-state index in [4.69, 9.17) is 0 Å². The Labute approximate surface area is 113 Å². The van der Waals surface area contributed by atoms with Gasteiger partial charge in [-0.05, 0) is 30.7 Å². The van der Waals surface area contributed by atoms with Gasteiger partial charge in [-0.2, -0.15) is 0 Å². The number of anilines is 2. The highest BCUT2D eigenvalue weighted by Gasteiger charge is 2.12. The first-order valence-corrected chi connectivity index (χ1v) is 6.23. The van der Waals surface area contributed by atoms with E-state index in [9.17, 15) is 4.79 Å². The van der Waals surface area contributed by atoms with Crippen molar-refractivity contribution >= 4 is 17.3 Å². The van der Waals surface area contributed by atoms with Crippen molar-refractivity contribution in [1.29, 1.82) is 0 Å². The molecule has 0 atom stereocenters. The maximum atomic E-state index is 12.1. The average Bonchev–Trinajstić information content (AvgIpc) is 2.41. The molecule has 0 aromatic heterocycles. The van der Waals surface area contributed by atoms with E-state index < -0.39 is 0 Å². The molecule has 0 fully saturated rings. The number of carbonyl (C=O) groups is 1. The lowest BCUT2D eigenvalue weighted by Gasteiger charge is -2.16. The normalized spacial score (nSPS) is 10.1. The highest BCUT2D eigenvalue weighted by atomic mass is 16.2. The monoisotopic (exact) mass is 254 g/mol. The molecule has 0 bridgehead atoms. The number of nitrogens with one attached hydrogen (secondary N) is 1. The molecule has 3 nitrogen and oxygen atoms in total. The molecule has 0 aliphatic heterocycles. The molecule has 2 rings (SSSR count). The predicted molar refractivity (Wildman–Crippen MR) is 78.9 cm³/mol. The van der Waals surface area contributed by atoms with Crippen LogP contribution in [0.3, 0.4) is 0 Å². The van der Waals surface area contributed by atoms with E-state index in [-0.39, 0.29) is 5.91 Å². The summed E-state index contributed by atoms with van der Waals surface area (Å²) in [7, 11) is 3.51. The molecule has 98 valence electrons. The summed E-state index contributed by atoms with van der Waals surface area (Å²) in [6.45, 7) is 2.04. The molecular weight excluding hydrogens is 236 g/mol. The van der Waals surface area contributed by atoms with Gasteiger partial charge in [0.05, 0.1) is 11.3 Å². The van der Waals surface area contributed by atoms with E-state index in [2.05, 4.69) is 5.32 Å². The van der Waals surface area contributed by atoms with E-state index in [0.717, 1.165) is 16.9 Å². The van der Waals surface area contributed by atoms with Crippen LogP contribution in [-0.4, -0.2) is 24.9 Å². The van der Waals surface area contributed by atoms with Crippen LogP contribution in [-0.2, 0) is 0 Å². The molecule has 1 amide bonds. The molecule has 0 saturated heterocycles. The summed E-state index contributed by atoms with van der Waals surface area (Å²) in [5.41, 5.74) is 3.67. The largest absolute Gasteiger partial charge is 0.355 e. The van der Waals surface area contributed by atoms with Crippen molar-refractivity contribution in [3.8, 4) is 0 Å². The lowest BCUT2D eigenvalue weighted by Crippen LogP contribution is -2.22. The minimum Gasteiger partial charge on any atom is -0.355 e. The summed E-state index contributed by atoms with van der Waals surface area (Å²) in [4.78, 5) is 13.7. The topological polar surface area (TPSA) is 32.3 Å². The number of rotatable bonds is 3. The molecule has 1 N–H and O–H groups in total. The SMILES string of the molecule is Cc1ccccc1Nc1ccccc1C(=O)N(C)C. The van der Waals surface area contributed by atoms with Crippen LogP contribution in [0.5, 0.6) is 0 Å². The lowest BCUT2D eigenvalue weighted by atomic mass is 10.1. The summed E-state index contributed by atoms with van der Waals surface area (Å²) in [5.74, 6) is -0.00307. The van der Waals surface area contributed by atoms with Gasteiger partial charge < -0.3 is 10.2 Å². The predicted octanol–water partition coefficient (Wildman–Crippen LogP) is 3.44. The Kier molecular flexibility index (Phi) is 3.85. The number of hydrogen-bond donors (Lipinski definition) is 1. The third kappa shape index (κ3) is 2.94. The van der Waals surface area contributed by atoms with Crippen molar-refractivity contribution in [1.82, 2.24) is 4.90 Å². The molecular formula is C16H18N2O. The van der Waals surface area contributed by atoms with Gasteiger partial charge in [-0.1, -0.05) is 30.3 Å². The van der Waals surface area contributed by atoms with Crippen LogP contribution in [0.15, 0.2) is 48.5 Å². The minimum absolute atomic E-state index is 0.00307. The summed E-state index contributed by atoms with van der Waals surface area (Å²) in [5, 5.41) is 3.33. The summed E-state index contributed by atoms with van der Waals surface area (Å²) < 4.78 is 0. The number of aryl methyl sites for hydroxylation is 1. The van der Waals surface area contributed by atoms with Gasteiger partial charge in [-0.3, -0.25) is 4.79 Å². The zero-order valence-electron chi connectivity index (χ0n) is 11.5. The van der Waals surface area contributed by atoms with Crippen LogP contribution in [0.4, 0.5) is 11.4 Å². The number of hydrogen-bond acceptors (Lipinski definition) is 2. The van der Waals surface area contributed by atoms with E-state index in [1.54, 1.807) is 19.0 Å². The highest BCUT2D eigenvalue weighted by molar-refractivity contribution is 6.00. The number of nitrogens with zero attached hydrogens (tertiary/aromatic N) is 1. The van der Waals surface area contributed by atoms with Gasteiger partial charge in [0.15, 0.2) is 0 Å². The van der Waals surface area contributed by atoms with E-state index in [1.165, 1.54) is 0 Å². The van der Waals surface area contributed by atoms with E-state index in [0.29, 0.717) is 5.56 Å². The van der Waals surface area contributed by atoms with E-state index in [1.807, 2.05) is 55.5 Å². The molecule has 0 heterocycles. The molecule has 0 aliphatic carbocycles. The summed E-state index contributed by atoms with van der Waals surface area (Å²) >= 11 is 0. The van der Waals surface area contributed by atoms with Crippen LogP contribution >= 0.6 is 0 Å². The fraction of sp³-hybridized carbons (Fsp3) is 0.188. The average molecular weight is 254 g/mol. The molecule has 19 heavy (non-hydrogen) atoms. The first kappa shape index (κ1) is 13.1. The Morgan fingerprint density at radius 1 is 0.947 bits per heavy atom. The third-order valence-electron chi connectivity index (χ3n) is 2.98. The van der Waals surface area contributed by atoms with E-state index >= 15 is 0 Å². The Hall–Kier alpha value is -2.29. The maximum absolute atomic E-state index is 12.1. The van der Waals surface area contributed by atoms with Gasteiger partial charge >= 0.3 is 0 Å². The van der Waals surface area contributed by atoms with Gasteiger partial charge in [0.25, 0.3) is 5.91 Å². The van der Waals surface area contributed by atoms with Gasteiger partial charge in [0.2, 0.25) is 0 Å². The minimum atomic E-state index is -0.00307. The zero-order valence-corrected chi connectivity index (χ0v) is 11.5. The Bertz CT molecular complexity index is 591. The van der Waals surface area contributed by atoms with Crippen molar-refractivity contribution in [2.75, 3.05) is 19.4 Å². The first-order chi connectivity index (χ1) is 9.09. The summed E-state index contributed by atoms with van der Waals surface area (Å²) in [6.07, 6.45) is 0. The van der Waals surface area contributed by atoms with Crippen molar-refractivity contribution in [3.05, 3.63) is 59.7 Å². The number of benzene rings is 2. The lowest BCUT2D eigenvalue weighted by molar-refractivity contribution is 0.0828. The molecule has 2 aromatic carbocycles. The van der Waals surface area contributed by atoms with Crippen LogP contribution in [0, 0.1) is 6.92 Å². The zero-order chi connectivity index (χ0) is 13.8. The number of para-hydroxylation sites is 2. The molecule has 0 aliphatic rings. The van der Waals surface area contributed by atoms with Gasteiger partial charge in [0.1, 0.15) is 0 Å². The Morgan fingerprint density at radius 2 is 1.53 bits per heavy atom. The van der Waals surface area contributed by atoms with Crippen LogP contribution in [0.1, 0.15) is 15.9 Å². The van der Waals surface area contributed by atoms with Crippen LogP contribution in [0.2, 0.25) is 0 Å². The van der Waals surface area contributed by atoms with Crippen molar-refractivity contribution in [2.24, 2.45) is 0 Å². The summed E-state index contributed by atoms with van der Waals surface area (Å²) in [6, 6.07) is 15.6.